The van der Waals surface area contributed by atoms with Crippen LogP contribution in [-0.4, -0.2) is 16.5 Å². The van der Waals surface area contributed by atoms with Crippen molar-refractivity contribution in [1.29, 1.82) is 0 Å². The zero-order chi connectivity index (χ0) is 10.3. The molecule has 0 aliphatic carbocycles. The maximum atomic E-state index is 9.93. The van der Waals surface area contributed by atoms with E-state index in [1.54, 1.807) is 0 Å². The molecule has 2 atom stereocenters. The van der Waals surface area contributed by atoms with Gasteiger partial charge in [-0.3, -0.25) is 0 Å². The highest BCUT2D eigenvalue weighted by Crippen LogP contribution is 2.40. The summed E-state index contributed by atoms with van der Waals surface area (Å²) in [6.07, 6.45) is -0.491. The lowest BCUT2D eigenvalue weighted by Crippen LogP contribution is -2.26. The zero-order valence-electron chi connectivity index (χ0n) is 7.63. The summed E-state index contributed by atoms with van der Waals surface area (Å²) in [5, 5.41) is 9.93. The van der Waals surface area contributed by atoms with Crippen LogP contribution in [0.1, 0.15) is 17.2 Å². The number of halogens is 2. The van der Waals surface area contributed by atoms with E-state index >= 15 is 0 Å². The second kappa shape index (κ2) is 3.83. The topological polar surface area (TPSA) is 29.5 Å². The molecule has 2 nitrogen and oxygen atoms in total. The second-order valence-electron chi connectivity index (χ2n) is 3.44. The van der Waals surface area contributed by atoms with Crippen LogP contribution in [0, 0.1) is 6.92 Å². The second-order valence-corrected chi connectivity index (χ2v) is 5.47. The fourth-order valence-electron chi connectivity index (χ4n) is 1.58. The highest BCUT2D eigenvalue weighted by Gasteiger charge is 2.28. The van der Waals surface area contributed by atoms with Gasteiger partial charge in [0.05, 0.1) is 15.4 Å². The van der Waals surface area contributed by atoms with Crippen molar-refractivity contribution in [3.8, 4) is 5.75 Å². The Kier molecular flexibility index (Phi) is 2.86. The Bertz CT molecular complexity index is 365. The Hall–Kier alpha value is -0.0600. The normalized spacial score (nSPS) is 25.4. The monoisotopic (exact) mass is 320 g/mol. The minimum atomic E-state index is -0.491. The lowest BCUT2D eigenvalue weighted by Gasteiger charge is -2.27. The number of aryl methyl sites for hydroxylation is 1. The van der Waals surface area contributed by atoms with Crippen LogP contribution in [0.15, 0.2) is 16.6 Å². The van der Waals surface area contributed by atoms with E-state index in [0.717, 1.165) is 21.3 Å². The molecule has 76 valence electrons. The van der Waals surface area contributed by atoms with Crippen molar-refractivity contribution >= 4 is 31.9 Å². The molecule has 0 saturated heterocycles. The molecular formula is C10H10Br2O2. The number of hydrogen-bond acceptors (Lipinski definition) is 2. The first-order valence-electron chi connectivity index (χ1n) is 4.34. The first kappa shape index (κ1) is 10.5. The van der Waals surface area contributed by atoms with E-state index in [1.807, 2.05) is 19.1 Å². The summed E-state index contributed by atoms with van der Waals surface area (Å²) >= 11 is 6.81. The summed E-state index contributed by atoms with van der Waals surface area (Å²) in [5.41, 5.74) is 1.96. The summed E-state index contributed by atoms with van der Waals surface area (Å²) in [6.45, 7) is 2.49. The summed E-state index contributed by atoms with van der Waals surface area (Å²) < 4.78 is 6.45. The Labute approximate surface area is 99.5 Å². The maximum absolute atomic E-state index is 9.93. The molecule has 14 heavy (non-hydrogen) atoms. The molecule has 1 aromatic rings. The van der Waals surface area contributed by atoms with Crippen LogP contribution in [0.3, 0.4) is 0 Å². The van der Waals surface area contributed by atoms with Crippen LogP contribution in [-0.2, 0) is 0 Å². The van der Waals surface area contributed by atoms with Crippen LogP contribution >= 0.6 is 31.9 Å². The van der Waals surface area contributed by atoms with E-state index in [2.05, 4.69) is 31.9 Å². The van der Waals surface area contributed by atoms with E-state index in [0.29, 0.717) is 6.61 Å². The van der Waals surface area contributed by atoms with Crippen molar-refractivity contribution in [2.24, 2.45) is 0 Å². The van der Waals surface area contributed by atoms with Crippen molar-refractivity contribution in [1.82, 2.24) is 0 Å². The lowest BCUT2D eigenvalue weighted by atomic mass is 10.0. The Balaban J connectivity index is 2.54. The van der Waals surface area contributed by atoms with Gasteiger partial charge in [0.15, 0.2) is 0 Å². The minimum Gasteiger partial charge on any atom is -0.491 e. The SMILES string of the molecule is Cc1cc(Br)c2c(c1)C(O)C(Br)CO2. The molecule has 0 spiro atoms. The molecule has 1 aliphatic heterocycles. The Morgan fingerprint density at radius 1 is 1.50 bits per heavy atom. The Morgan fingerprint density at radius 3 is 2.93 bits per heavy atom. The molecule has 0 radical (unpaired) electrons. The third-order valence-electron chi connectivity index (χ3n) is 2.26. The predicted octanol–water partition coefficient (Wildman–Crippen LogP) is 2.95. The highest BCUT2D eigenvalue weighted by molar-refractivity contribution is 9.10. The average Bonchev–Trinajstić information content (AvgIpc) is 2.12. The van der Waals surface area contributed by atoms with E-state index < -0.39 is 6.10 Å². The first-order chi connectivity index (χ1) is 6.59. The minimum absolute atomic E-state index is 0.0244. The van der Waals surface area contributed by atoms with Crippen molar-refractivity contribution < 1.29 is 9.84 Å². The van der Waals surface area contributed by atoms with Crippen molar-refractivity contribution in [2.45, 2.75) is 17.9 Å². The van der Waals surface area contributed by atoms with Gasteiger partial charge >= 0.3 is 0 Å². The number of alkyl halides is 1. The molecule has 0 fully saturated rings. The van der Waals surface area contributed by atoms with Gasteiger partial charge < -0.3 is 9.84 Å². The summed E-state index contributed by atoms with van der Waals surface area (Å²) in [7, 11) is 0. The van der Waals surface area contributed by atoms with E-state index in [-0.39, 0.29) is 4.83 Å². The first-order valence-corrected chi connectivity index (χ1v) is 6.05. The molecule has 0 saturated carbocycles. The van der Waals surface area contributed by atoms with Gasteiger partial charge in [-0.05, 0) is 40.5 Å². The molecule has 1 aliphatic rings. The number of benzene rings is 1. The molecule has 2 unspecified atom stereocenters. The number of aliphatic hydroxyl groups excluding tert-OH is 1. The number of rotatable bonds is 0. The van der Waals surface area contributed by atoms with Gasteiger partial charge in [0.2, 0.25) is 0 Å². The molecule has 1 heterocycles. The van der Waals surface area contributed by atoms with E-state index in [4.69, 9.17) is 4.74 Å². The van der Waals surface area contributed by atoms with Gasteiger partial charge in [-0.15, -0.1) is 0 Å². The predicted molar refractivity (Wildman–Crippen MR) is 62.0 cm³/mol. The third kappa shape index (κ3) is 1.71. The summed E-state index contributed by atoms with van der Waals surface area (Å²) in [4.78, 5) is -0.0244. The molecule has 0 aromatic heterocycles. The average molecular weight is 322 g/mol. The van der Waals surface area contributed by atoms with E-state index in [1.165, 1.54) is 0 Å². The number of aliphatic hydroxyl groups is 1. The number of ether oxygens (including phenoxy) is 1. The molecule has 1 aromatic carbocycles. The quantitative estimate of drug-likeness (QED) is 0.744. The smallest absolute Gasteiger partial charge is 0.139 e. The molecule has 4 heteroatoms. The van der Waals surface area contributed by atoms with Gasteiger partial charge in [0.1, 0.15) is 12.4 Å². The van der Waals surface area contributed by atoms with Crippen molar-refractivity contribution in [3.05, 3.63) is 27.7 Å². The third-order valence-corrected chi connectivity index (χ3v) is 3.62. The summed E-state index contributed by atoms with van der Waals surface area (Å²) in [5.74, 6) is 0.763. The zero-order valence-corrected chi connectivity index (χ0v) is 10.8. The van der Waals surface area contributed by atoms with Gasteiger partial charge in [-0.2, -0.15) is 0 Å². The fraction of sp³-hybridized carbons (Fsp3) is 0.400. The molecule has 0 bridgehead atoms. The maximum Gasteiger partial charge on any atom is 0.139 e. The van der Waals surface area contributed by atoms with Crippen LogP contribution in [0.5, 0.6) is 5.75 Å². The number of hydrogen-bond donors (Lipinski definition) is 1. The van der Waals surface area contributed by atoms with Crippen LogP contribution in [0.2, 0.25) is 0 Å². The van der Waals surface area contributed by atoms with Gasteiger partial charge in [0.25, 0.3) is 0 Å². The van der Waals surface area contributed by atoms with Gasteiger partial charge in [-0.1, -0.05) is 15.9 Å². The standard InChI is InChI=1S/C10H10Br2O2/c1-5-2-6-9(13)8(12)4-14-10(6)7(11)3-5/h2-3,8-9,13H,4H2,1H3. The van der Waals surface area contributed by atoms with Crippen molar-refractivity contribution in [2.75, 3.05) is 6.61 Å². The fourth-order valence-corrected chi connectivity index (χ4v) is 2.70. The molecular weight excluding hydrogens is 312 g/mol. The molecule has 1 N–H and O–H groups in total. The van der Waals surface area contributed by atoms with E-state index in [9.17, 15) is 5.11 Å². The van der Waals surface area contributed by atoms with Crippen LogP contribution < -0.4 is 4.74 Å². The molecule has 0 amide bonds. The van der Waals surface area contributed by atoms with Gasteiger partial charge in [0, 0.05) is 5.56 Å². The summed E-state index contributed by atoms with van der Waals surface area (Å²) in [6, 6.07) is 3.94. The largest absolute Gasteiger partial charge is 0.491 e. The van der Waals surface area contributed by atoms with Crippen LogP contribution in [0.4, 0.5) is 0 Å². The van der Waals surface area contributed by atoms with Crippen LogP contribution in [0.25, 0.3) is 0 Å². The number of fused-ring (bicyclic) bond motifs is 1. The van der Waals surface area contributed by atoms with Gasteiger partial charge in [-0.25, -0.2) is 0 Å². The lowest BCUT2D eigenvalue weighted by molar-refractivity contribution is 0.124. The molecule has 2 rings (SSSR count). The highest BCUT2D eigenvalue weighted by atomic mass is 79.9. The Morgan fingerprint density at radius 2 is 2.21 bits per heavy atom. The van der Waals surface area contributed by atoms with Crippen molar-refractivity contribution in [3.63, 3.8) is 0 Å².